The third-order valence-corrected chi connectivity index (χ3v) is 4.07. The summed E-state index contributed by atoms with van der Waals surface area (Å²) in [6.45, 7) is 3.09. The van der Waals surface area contributed by atoms with Gasteiger partial charge in [-0.2, -0.15) is 0 Å². The van der Waals surface area contributed by atoms with Crippen molar-refractivity contribution in [1.82, 2.24) is 5.32 Å². The lowest BCUT2D eigenvalue weighted by Gasteiger charge is -2.21. The molecule has 0 aliphatic carbocycles. The smallest absolute Gasteiger partial charge is 0.328 e. The van der Waals surface area contributed by atoms with Gasteiger partial charge in [0.1, 0.15) is 11.9 Å². The molecule has 0 heterocycles. The maximum Gasteiger partial charge on any atom is 0.328 e. The number of amides is 1. The number of ketones is 1. The van der Waals surface area contributed by atoms with Crippen LogP contribution in [0.2, 0.25) is 0 Å². The lowest BCUT2D eigenvalue weighted by Crippen LogP contribution is -2.47. The number of ether oxygens (including phenoxy) is 2. The van der Waals surface area contributed by atoms with Gasteiger partial charge < -0.3 is 14.8 Å². The molecule has 2 atom stereocenters. The molecule has 0 aromatic heterocycles. The van der Waals surface area contributed by atoms with Gasteiger partial charge >= 0.3 is 11.9 Å². The predicted molar refractivity (Wildman–Crippen MR) is 94.3 cm³/mol. The van der Waals surface area contributed by atoms with Crippen LogP contribution >= 0.6 is 0 Å². The lowest BCUT2D eigenvalue weighted by molar-refractivity contribution is -0.151. The van der Waals surface area contributed by atoms with Crippen LogP contribution in [0.15, 0.2) is 24.3 Å². The normalized spacial score (nSPS) is 12.6. The van der Waals surface area contributed by atoms with Crippen molar-refractivity contribution < 1.29 is 33.0 Å². The van der Waals surface area contributed by atoms with Crippen molar-refractivity contribution in [3.8, 4) is 0 Å². The summed E-state index contributed by atoms with van der Waals surface area (Å²) in [5, 5.41) is 2.48. The Kier molecular flexibility index (Phi) is 9.12. The topological polar surface area (TPSA) is 98.8 Å². The molecule has 148 valence electrons. The van der Waals surface area contributed by atoms with Crippen molar-refractivity contribution in [2.45, 2.75) is 39.2 Å². The molecule has 0 aliphatic rings. The number of carbonyl (C=O) groups is 4. The van der Waals surface area contributed by atoms with E-state index in [1.165, 1.54) is 19.2 Å². The number of hydrogen-bond donors (Lipinski definition) is 1. The minimum absolute atomic E-state index is 0.121. The van der Waals surface area contributed by atoms with E-state index in [0.29, 0.717) is 6.42 Å². The summed E-state index contributed by atoms with van der Waals surface area (Å²) in [7, 11) is 1.22. The zero-order valence-electron chi connectivity index (χ0n) is 15.6. The Hall–Kier alpha value is -2.77. The van der Waals surface area contributed by atoms with E-state index < -0.39 is 36.3 Å². The maximum absolute atomic E-state index is 12.8. The van der Waals surface area contributed by atoms with Gasteiger partial charge in [-0.25, -0.2) is 9.18 Å². The fraction of sp³-hybridized carbons (Fsp3) is 0.474. The van der Waals surface area contributed by atoms with Crippen LogP contribution in [0, 0.1) is 11.7 Å². The molecule has 0 radical (unpaired) electrons. The fourth-order valence-electron chi connectivity index (χ4n) is 2.23. The minimum Gasteiger partial charge on any atom is -0.467 e. The molecule has 1 aromatic carbocycles. The SMILES string of the molecule is CC[C@@H](C)[C@H](NC(=O)COC(=O)CCC(=O)c1ccc(F)cc1)C(=O)OC. The third-order valence-electron chi connectivity index (χ3n) is 4.07. The first kappa shape index (κ1) is 22.3. The molecule has 27 heavy (non-hydrogen) atoms. The molecular formula is C19H24FNO6. The Morgan fingerprint density at radius 1 is 1.11 bits per heavy atom. The van der Waals surface area contributed by atoms with Crippen LogP contribution in [0.3, 0.4) is 0 Å². The first-order chi connectivity index (χ1) is 12.8. The van der Waals surface area contributed by atoms with Gasteiger partial charge in [-0.1, -0.05) is 20.3 Å². The van der Waals surface area contributed by atoms with Gasteiger partial charge in [-0.15, -0.1) is 0 Å². The molecule has 0 saturated heterocycles. The highest BCUT2D eigenvalue weighted by Gasteiger charge is 2.26. The van der Waals surface area contributed by atoms with E-state index in [-0.39, 0.29) is 30.1 Å². The van der Waals surface area contributed by atoms with Gasteiger partial charge in [0.05, 0.1) is 13.5 Å². The van der Waals surface area contributed by atoms with Crippen LogP contribution in [0.25, 0.3) is 0 Å². The number of carbonyl (C=O) groups excluding carboxylic acids is 4. The standard InChI is InChI=1S/C19H24FNO6/c1-4-12(2)18(19(25)26-3)21-16(23)11-27-17(24)10-9-15(22)13-5-7-14(20)8-6-13/h5-8,12,18H,4,9-11H2,1-3H3,(H,21,23)/t12-,18+/m1/s1. The van der Waals surface area contributed by atoms with Gasteiger partial charge in [0.2, 0.25) is 0 Å². The molecule has 0 saturated carbocycles. The molecular weight excluding hydrogens is 357 g/mol. The Labute approximate surface area is 157 Å². The van der Waals surface area contributed by atoms with Crippen LogP contribution in [-0.4, -0.2) is 43.4 Å². The van der Waals surface area contributed by atoms with Gasteiger partial charge in [0.15, 0.2) is 12.4 Å². The molecule has 1 rings (SSSR count). The van der Waals surface area contributed by atoms with Crippen LogP contribution in [0.1, 0.15) is 43.5 Å². The molecule has 1 amide bonds. The molecule has 1 N–H and O–H groups in total. The number of rotatable bonds is 10. The maximum atomic E-state index is 12.8. The summed E-state index contributed by atoms with van der Waals surface area (Å²) < 4.78 is 22.3. The summed E-state index contributed by atoms with van der Waals surface area (Å²) in [6, 6.07) is 4.15. The van der Waals surface area contributed by atoms with E-state index in [0.717, 1.165) is 12.1 Å². The van der Waals surface area contributed by atoms with E-state index in [2.05, 4.69) is 10.1 Å². The molecule has 8 heteroatoms. The van der Waals surface area contributed by atoms with Crippen LogP contribution in [0.4, 0.5) is 4.39 Å². The van der Waals surface area contributed by atoms with Crippen molar-refractivity contribution >= 4 is 23.6 Å². The largest absolute Gasteiger partial charge is 0.467 e. The molecule has 7 nitrogen and oxygen atoms in total. The number of esters is 2. The van der Waals surface area contributed by atoms with Crippen LogP contribution < -0.4 is 5.32 Å². The fourth-order valence-corrected chi connectivity index (χ4v) is 2.23. The molecule has 0 fully saturated rings. The Bertz CT molecular complexity index is 673. The van der Waals surface area contributed by atoms with Crippen molar-refractivity contribution in [2.75, 3.05) is 13.7 Å². The first-order valence-electron chi connectivity index (χ1n) is 8.60. The summed E-state index contributed by atoms with van der Waals surface area (Å²) in [6.07, 6.45) is 0.310. The van der Waals surface area contributed by atoms with E-state index in [4.69, 9.17) is 4.74 Å². The monoisotopic (exact) mass is 381 g/mol. The summed E-state index contributed by atoms with van der Waals surface area (Å²) in [5.41, 5.74) is 0.288. The van der Waals surface area contributed by atoms with Crippen LogP contribution in [0.5, 0.6) is 0 Å². The van der Waals surface area contributed by atoms with Crippen molar-refractivity contribution in [1.29, 1.82) is 0 Å². The highest BCUT2D eigenvalue weighted by molar-refractivity contribution is 5.97. The summed E-state index contributed by atoms with van der Waals surface area (Å²) in [5.74, 6) is -2.87. The average molecular weight is 381 g/mol. The van der Waals surface area contributed by atoms with E-state index >= 15 is 0 Å². The lowest BCUT2D eigenvalue weighted by atomic mass is 9.99. The minimum atomic E-state index is -0.828. The Balaban J connectivity index is 2.42. The van der Waals surface area contributed by atoms with Crippen molar-refractivity contribution in [2.24, 2.45) is 5.92 Å². The predicted octanol–water partition coefficient (Wildman–Crippen LogP) is 2.04. The molecule has 0 bridgehead atoms. The van der Waals surface area contributed by atoms with Crippen molar-refractivity contribution in [3.63, 3.8) is 0 Å². The third kappa shape index (κ3) is 7.55. The number of methoxy groups -OCH3 is 1. The van der Waals surface area contributed by atoms with Gasteiger partial charge in [0, 0.05) is 12.0 Å². The van der Waals surface area contributed by atoms with Gasteiger partial charge in [-0.05, 0) is 30.2 Å². The number of Topliss-reactive ketones (excluding diaryl/α,β-unsaturated/α-hetero) is 1. The second-order valence-electron chi connectivity index (χ2n) is 6.04. The van der Waals surface area contributed by atoms with E-state index in [9.17, 15) is 23.6 Å². The van der Waals surface area contributed by atoms with E-state index in [1.54, 1.807) is 6.92 Å². The first-order valence-corrected chi connectivity index (χ1v) is 8.60. The zero-order chi connectivity index (χ0) is 20.4. The average Bonchev–Trinajstić information content (AvgIpc) is 2.67. The highest BCUT2D eigenvalue weighted by Crippen LogP contribution is 2.10. The molecule has 1 aromatic rings. The van der Waals surface area contributed by atoms with Gasteiger partial charge in [-0.3, -0.25) is 14.4 Å². The molecule has 0 unspecified atom stereocenters. The zero-order valence-corrected chi connectivity index (χ0v) is 15.6. The second-order valence-corrected chi connectivity index (χ2v) is 6.04. The molecule has 0 aliphatic heterocycles. The number of nitrogens with one attached hydrogen (secondary N) is 1. The van der Waals surface area contributed by atoms with Crippen LogP contribution in [-0.2, 0) is 23.9 Å². The van der Waals surface area contributed by atoms with Gasteiger partial charge in [0.25, 0.3) is 5.91 Å². The number of benzene rings is 1. The Morgan fingerprint density at radius 2 is 1.74 bits per heavy atom. The number of hydrogen-bond acceptors (Lipinski definition) is 6. The highest BCUT2D eigenvalue weighted by atomic mass is 19.1. The quantitative estimate of drug-likeness (QED) is 0.492. The summed E-state index contributed by atoms with van der Waals surface area (Å²) in [4.78, 5) is 47.2. The second kappa shape index (κ2) is 11.1. The molecule has 0 spiro atoms. The van der Waals surface area contributed by atoms with E-state index in [1.807, 2.05) is 6.92 Å². The van der Waals surface area contributed by atoms with Crippen molar-refractivity contribution in [3.05, 3.63) is 35.6 Å². The summed E-state index contributed by atoms with van der Waals surface area (Å²) >= 11 is 0. The number of halogens is 1. The Morgan fingerprint density at radius 3 is 2.30 bits per heavy atom.